The smallest absolute Gasteiger partial charge is 0.229 e. The fourth-order valence-electron chi connectivity index (χ4n) is 2.61. The maximum atomic E-state index is 8.88. The first-order valence-electron chi connectivity index (χ1n) is 8.11. The van der Waals surface area contributed by atoms with E-state index in [0.717, 1.165) is 33.9 Å². The number of nitrogens with one attached hydrogen (secondary N) is 2. The van der Waals surface area contributed by atoms with Crippen LogP contribution in [-0.2, 0) is 0 Å². The molecule has 0 aliphatic rings. The van der Waals surface area contributed by atoms with Crippen LogP contribution in [0.4, 0.5) is 23.1 Å². The summed E-state index contributed by atoms with van der Waals surface area (Å²) in [7, 11) is 0. The van der Waals surface area contributed by atoms with Gasteiger partial charge in [-0.2, -0.15) is 10.2 Å². The molecule has 1 aromatic heterocycles. The van der Waals surface area contributed by atoms with Crippen LogP contribution < -0.4 is 10.6 Å². The number of aryl methyl sites for hydroxylation is 3. The van der Waals surface area contributed by atoms with E-state index < -0.39 is 0 Å². The standard InChI is InChI=1S/C20H18ClN5/c1-12-8-16(21)9-13(2)18(12)25-19-14(3)11-23-20(26-19)24-17-6-4-15(10-22)5-7-17/h4-9,11H,1-3H3,(H2,23,24,25,26). The molecule has 3 aromatic rings. The molecule has 0 atom stereocenters. The van der Waals surface area contributed by atoms with Crippen LogP contribution in [-0.4, -0.2) is 9.97 Å². The molecule has 130 valence electrons. The molecule has 5 nitrogen and oxygen atoms in total. The van der Waals surface area contributed by atoms with Crippen molar-refractivity contribution >= 4 is 34.7 Å². The fourth-order valence-corrected chi connectivity index (χ4v) is 2.94. The molecular weight excluding hydrogens is 346 g/mol. The molecule has 0 saturated heterocycles. The molecule has 0 radical (unpaired) electrons. The first-order valence-corrected chi connectivity index (χ1v) is 8.48. The molecule has 2 N–H and O–H groups in total. The summed E-state index contributed by atoms with van der Waals surface area (Å²) < 4.78 is 0. The summed E-state index contributed by atoms with van der Waals surface area (Å²) in [6.07, 6.45) is 1.77. The van der Waals surface area contributed by atoms with E-state index in [0.29, 0.717) is 16.5 Å². The summed E-state index contributed by atoms with van der Waals surface area (Å²) in [6, 6.07) is 13.1. The molecule has 1 heterocycles. The van der Waals surface area contributed by atoms with Gasteiger partial charge < -0.3 is 10.6 Å². The lowest BCUT2D eigenvalue weighted by Crippen LogP contribution is -2.04. The summed E-state index contributed by atoms with van der Waals surface area (Å²) in [5.74, 6) is 1.21. The van der Waals surface area contributed by atoms with Crippen molar-refractivity contribution in [3.63, 3.8) is 0 Å². The zero-order valence-corrected chi connectivity index (χ0v) is 15.5. The summed E-state index contributed by atoms with van der Waals surface area (Å²) in [5, 5.41) is 16.1. The van der Waals surface area contributed by atoms with E-state index in [4.69, 9.17) is 16.9 Å². The van der Waals surface area contributed by atoms with Crippen LogP contribution >= 0.6 is 11.6 Å². The molecule has 3 rings (SSSR count). The predicted octanol–water partition coefficient (Wildman–Crippen LogP) is 5.41. The fraction of sp³-hybridized carbons (Fsp3) is 0.150. The molecule has 6 heteroatoms. The number of halogens is 1. The van der Waals surface area contributed by atoms with E-state index in [-0.39, 0.29) is 0 Å². The molecule has 0 aliphatic carbocycles. The first-order chi connectivity index (χ1) is 12.5. The summed E-state index contributed by atoms with van der Waals surface area (Å²) in [6.45, 7) is 5.97. The molecule has 0 amide bonds. The van der Waals surface area contributed by atoms with Gasteiger partial charge in [-0.15, -0.1) is 0 Å². The van der Waals surface area contributed by atoms with Crippen LogP contribution in [0.25, 0.3) is 0 Å². The van der Waals surface area contributed by atoms with E-state index in [2.05, 4.69) is 26.7 Å². The summed E-state index contributed by atoms with van der Waals surface area (Å²) in [5.41, 5.74) is 5.45. The topological polar surface area (TPSA) is 73.6 Å². The average Bonchev–Trinajstić information content (AvgIpc) is 2.61. The number of rotatable bonds is 4. The van der Waals surface area contributed by atoms with E-state index in [9.17, 15) is 0 Å². The zero-order chi connectivity index (χ0) is 18.7. The van der Waals surface area contributed by atoms with Crippen molar-refractivity contribution in [3.8, 4) is 6.07 Å². The van der Waals surface area contributed by atoms with Crippen molar-refractivity contribution in [3.05, 3.63) is 69.9 Å². The molecule has 0 aliphatic heterocycles. The number of nitriles is 1. The molecule has 0 unspecified atom stereocenters. The van der Waals surface area contributed by atoms with Gasteiger partial charge in [-0.1, -0.05) is 11.6 Å². The lowest BCUT2D eigenvalue weighted by atomic mass is 10.1. The van der Waals surface area contributed by atoms with Gasteiger partial charge in [-0.25, -0.2) is 4.98 Å². The van der Waals surface area contributed by atoms with Gasteiger partial charge >= 0.3 is 0 Å². The average molecular weight is 364 g/mol. The maximum absolute atomic E-state index is 8.88. The van der Waals surface area contributed by atoms with Crippen LogP contribution in [0.15, 0.2) is 42.6 Å². The number of hydrogen-bond donors (Lipinski definition) is 2. The van der Waals surface area contributed by atoms with Gasteiger partial charge in [0, 0.05) is 28.2 Å². The second kappa shape index (κ2) is 7.42. The Balaban J connectivity index is 1.87. The number of nitrogens with zero attached hydrogens (tertiary/aromatic N) is 3. The Morgan fingerprint density at radius 3 is 2.23 bits per heavy atom. The number of anilines is 4. The van der Waals surface area contributed by atoms with Crippen LogP contribution in [0.2, 0.25) is 5.02 Å². The van der Waals surface area contributed by atoms with Gasteiger partial charge in [0.2, 0.25) is 5.95 Å². The Bertz CT molecular complexity index is 967. The van der Waals surface area contributed by atoms with Crippen LogP contribution in [0, 0.1) is 32.1 Å². The quantitative estimate of drug-likeness (QED) is 0.647. The Hall–Kier alpha value is -3.10. The van der Waals surface area contributed by atoms with Crippen molar-refractivity contribution in [2.24, 2.45) is 0 Å². The summed E-state index contributed by atoms with van der Waals surface area (Å²) >= 11 is 6.11. The van der Waals surface area contributed by atoms with Crippen molar-refractivity contribution in [2.75, 3.05) is 10.6 Å². The minimum Gasteiger partial charge on any atom is -0.339 e. The monoisotopic (exact) mass is 363 g/mol. The number of benzene rings is 2. The Labute approximate surface area is 157 Å². The molecule has 0 fully saturated rings. The maximum Gasteiger partial charge on any atom is 0.229 e. The third kappa shape index (κ3) is 3.93. The second-order valence-corrected chi connectivity index (χ2v) is 6.52. The highest BCUT2D eigenvalue weighted by Gasteiger charge is 2.09. The van der Waals surface area contributed by atoms with Crippen LogP contribution in [0.1, 0.15) is 22.3 Å². The zero-order valence-electron chi connectivity index (χ0n) is 14.8. The molecule has 0 spiro atoms. The van der Waals surface area contributed by atoms with E-state index in [1.807, 2.05) is 45.0 Å². The highest BCUT2D eigenvalue weighted by molar-refractivity contribution is 6.30. The van der Waals surface area contributed by atoms with E-state index >= 15 is 0 Å². The van der Waals surface area contributed by atoms with Gasteiger partial charge in [0.15, 0.2) is 0 Å². The van der Waals surface area contributed by atoms with Crippen molar-refractivity contribution in [1.82, 2.24) is 9.97 Å². The third-order valence-electron chi connectivity index (χ3n) is 3.98. The lowest BCUT2D eigenvalue weighted by molar-refractivity contribution is 1.13. The SMILES string of the molecule is Cc1cnc(Nc2ccc(C#N)cc2)nc1Nc1c(C)cc(Cl)cc1C. The number of aromatic nitrogens is 2. The van der Waals surface area contributed by atoms with Gasteiger partial charge in [-0.3, -0.25) is 0 Å². The molecule has 0 saturated carbocycles. The van der Waals surface area contributed by atoms with Crippen LogP contribution in [0.5, 0.6) is 0 Å². The summed E-state index contributed by atoms with van der Waals surface area (Å²) in [4.78, 5) is 8.91. The first kappa shape index (κ1) is 17.7. The van der Waals surface area contributed by atoms with Crippen molar-refractivity contribution in [2.45, 2.75) is 20.8 Å². The molecule has 0 bridgehead atoms. The minimum absolute atomic E-state index is 0.479. The highest BCUT2D eigenvalue weighted by atomic mass is 35.5. The van der Waals surface area contributed by atoms with Crippen LogP contribution in [0.3, 0.4) is 0 Å². The highest BCUT2D eigenvalue weighted by Crippen LogP contribution is 2.29. The largest absolute Gasteiger partial charge is 0.339 e. The molecule has 2 aromatic carbocycles. The Kier molecular flexibility index (Phi) is 5.06. The Morgan fingerprint density at radius 2 is 1.62 bits per heavy atom. The van der Waals surface area contributed by atoms with Gasteiger partial charge in [-0.05, 0) is 68.3 Å². The van der Waals surface area contributed by atoms with Gasteiger partial charge in [0.1, 0.15) is 5.82 Å². The third-order valence-corrected chi connectivity index (χ3v) is 4.20. The van der Waals surface area contributed by atoms with Crippen molar-refractivity contribution in [1.29, 1.82) is 5.26 Å². The van der Waals surface area contributed by atoms with E-state index in [1.165, 1.54) is 0 Å². The lowest BCUT2D eigenvalue weighted by Gasteiger charge is -2.15. The molecular formula is C20H18ClN5. The number of hydrogen-bond acceptors (Lipinski definition) is 5. The molecule has 26 heavy (non-hydrogen) atoms. The Morgan fingerprint density at radius 1 is 0.962 bits per heavy atom. The van der Waals surface area contributed by atoms with Gasteiger partial charge in [0.05, 0.1) is 11.6 Å². The van der Waals surface area contributed by atoms with E-state index in [1.54, 1.807) is 18.3 Å². The normalized spacial score (nSPS) is 10.3. The second-order valence-electron chi connectivity index (χ2n) is 6.08. The van der Waals surface area contributed by atoms with Crippen molar-refractivity contribution < 1.29 is 0 Å². The predicted molar refractivity (Wildman–Crippen MR) is 105 cm³/mol. The minimum atomic E-state index is 0.479. The van der Waals surface area contributed by atoms with Gasteiger partial charge in [0.25, 0.3) is 0 Å².